The summed E-state index contributed by atoms with van der Waals surface area (Å²) in [5.41, 5.74) is 1.08. The van der Waals surface area contributed by atoms with E-state index in [0.29, 0.717) is 23.6 Å². The van der Waals surface area contributed by atoms with E-state index in [-0.39, 0.29) is 17.0 Å². The molecule has 0 radical (unpaired) electrons. The van der Waals surface area contributed by atoms with Crippen LogP contribution in [0.2, 0.25) is 18.1 Å². The third-order valence-corrected chi connectivity index (χ3v) is 13.7. The van der Waals surface area contributed by atoms with Gasteiger partial charge in [0.25, 0.3) is 5.91 Å². The van der Waals surface area contributed by atoms with Crippen molar-refractivity contribution in [2.24, 2.45) is 5.92 Å². The van der Waals surface area contributed by atoms with Gasteiger partial charge in [0.2, 0.25) is 0 Å². The summed E-state index contributed by atoms with van der Waals surface area (Å²) in [5, 5.41) is 0.228. The molecule has 1 aliphatic carbocycles. The minimum Gasteiger partial charge on any atom is -0.459 e. The number of furan rings is 1. The summed E-state index contributed by atoms with van der Waals surface area (Å²) in [6.45, 7) is 16.9. The number of anilines is 1. The van der Waals surface area contributed by atoms with Crippen molar-refractivity contribution >= 4 is 20.0 Å². The zero-order valence-electron chi connectivity index (χ0n) is 24.5. The Hall–Kier alpha value is -1.96. The molecule has 38 heavy (non-hydrogen) atoms. The van der Waals surface area contributed by atoms with Crippen LogP contribution in [0.1, 0.15) is 88.3 Å². The third kappa shape index (κ3) is 7.16. The smallest absolute Gasteiger partial charge is 0.295 e. The number of aromatic nitrogens is 1. The maximum absolute atomic E-state index is 13.4. The molecule has 7 heteroatoms. The predicted octanol–water partition coefficient (Wildman–Crippen LogP) is 7.46. The Balaban J connectivity index is 1.40. The second-order valence-electron chi connectivity index (χ2n) is 13.0. The number of carbonyl (C=O) groups is 1. The van der Waals surface area contributed by atoms with Crippen molar-refractivity contribution in [2.75, 3.05) is 24.5 Å². The number of nitrogens with zero attached hydrogens (tertiary/aromatic N) is 3. The van der Waals surface area contributed by atoms with Gasteiger partial charge in [0.15, 0.2) is 14.1 Å². The molecule has 1 saturated carbocycles. The predicted molar refractivity (Wildman–Crippen MR) is 157 cm³/mol. The fourth-order valence-corrected chi connectivity index (χ4v) is 7.16. The van der Waals surface area contributed by atoms with Crippen LogP contribution in [0, 0.1) is 12.8 Å². The molecule has 2 aliphatic rings. The Morgan fingerprint density at radius 2 is 1.84 bits per heavy atom. The number of carbonyl (C=O) groups excluding carboxylic acids is 1. The second kappa shape index (κ2) is 12.5. The van der Waals surface area contributed by atoms with Crippen LogP contribution in [0.3, 0.4) is 0 Å². The van der Waals surface area contributed by atoms with E-state index in [2.05, 4.69) is 43.7 Å². The molecule has 0 aromatic carbocycles. The monoisotopic (exact) mass is 539 g/mol. The minimum atomic E-state index is -1.82. The summed E-state index contributed by atoms with van der Waals surface area (Å²) in [6.07, 6.45) is 13.4. The Bertz CT molecular complexity index is 1000. The Labute approximate surface area is 231 Å². The maximum Gasteiger partial charge on any atom is 0.295 e. The van der Waals surface area contributed by atoms with E-state index in [0.717, 1.165) is 44.5 Å². The van der Waals surface area contributed by atoms with Crippen molar-refractivity contribution in [1.29, 1.82) is 0 Å². The topological polar surface area (TPSA) is 58.8 Å². The number of amides is 1. The zero-order chi connectivity index (χ0) is 27.3. The van der Waals surface area contributed by atoms with Crippen molar-refractivity contribution in [3.8, 4) is 0 Å². The summed E-state index contributed by atoms with van der Waals surface area (Å²) in [7, 11) is -1.82. The van der Waals surface area contributed by atoms with Crippen LogP contribution in [0.25, 0.3) is 0 Å². The van der Waals surface area contributed by atoms with Gasteiger partial charge in [-0.3, -0.25) is 9.69 Å². The number of pyridine rings is 1. The van der Waals surface area contributed by atoms with Crippen LogP contribution in [0.5, 0.6) is 0 Å². The second-order valence-corrected chi connectivity index (χ2v) is 17.8. The fourth-order valence-electron chi connectivity index (χ4n) is 5.74. The highest BCUT2D eigenvalue weighted by molar-refractivity contribution is 6.74. The van der Waals surface area contributed by atoms with Crippen molar-refractivity contribution < 1.29 is 13.6 Å². The first-order valence-electron chi connectivity index (χ1n) is 14.7. The van der Waals surface area contributed by atoms with Crippen LogP contribution in [-0.4, -0.2) is 55.9 Å². The molecule has 0 bridgehead atoms. The first-order valence-corrected chi connectivity index (χ1v) is 17.7. The average molecular weight is 540 g/mol. The summed E-state index contributed by atoms with van der Waals surface area (Å²) < 4.78 is 12.6. The van der Waals surface area contributed by atoms with Crippen LogP contribution >= 0.6 is 0 Å². The average Bonchev–Trinajstić information content (AvgIpc) is 3.44. The quantitative estimate of drug-likeness (QED) is 0.310. The molecule has 1 unspecified atom stereocenters. The third-order valence-electron chi connectivity index (χ3n) is 9.17. The lowest BCUT2D eigenvalue weighted by Gasteiger charge is -2.43. The van der Waals surface area contributed by atoms with Crippen LogP contribution in [0.4, 0.5) is 5.82 Å². The zero-order valence-corrected chi connectivity index (χ0v) is 25.5. The Morgan fingerprint density at radius 3 is 2.42 bits per heavy atom. The molecule has 3 heterocycles. The molecule has 210 valence electrons. The molecule has 1 amide bonds. The van der Waals surface area contributed by atoms with Crippen LogP contribution in [-0.2, 0) is 4.43 Å². The van der Waals surface area contributed by atoms with Gasteiger partial charge in [0.1, 0.15) is 5.82 Å². The number of piperidine rings is 1. The first-order chi connectivity index (χ1) is 18.0. The molecular weight excluding hydrogens is 490 g/mol. The van der Waals surface area contributed by atoms with Gasteiger partial charge in [0, 0.05) is 38.0 Å². The molecule has 0 spiro atoms. The Morgan fingerprint density at radius 1 is 1.13 bits per heavy atom. The molecule has 2 aromatic heterocycles. The lowest BCUT2D eigenvalue weighted by molar-refractivity contribution is 0.0703. The van der Waals surface area contributed by atoms with E-state index in [1.54, 1.807) is 18.4 Å². The Kier molecular flexibility index (Phi) is 9.53. The van der Waals surface area contributed by atoms with Crippen molar-refractivity contribution in [3.05, 3.63) is 48.0 Å². The molecule has 2 aromatic rings. The van der Waals surface area contributed by atoms with Crippen LogP contribution in [0.15, 0.2) is 41.1 Å². The molecule has 1 aliphatic heterocycles. The van der Waals surface area contributed by atoms with E-state index in [1.807, 2.05) is 30.2 Å². The molecule has 1 saturated heterocycles. The highest BCUT2D eigenvalue weighted by Gasteiger charge is 2.41. The van der Waals surface area contributed by atoms with E-state index in [9.17, 15) is 4.79 Å². The van der Waals surface area contributed by atoms with Gasteiger partial charge in [-0.05, 0) is 86.8 Å². The van der Waals surface area contributed by atoms with E-state index < -0.39 is 8.32 Å². The summed E-state index contributed by atoms with van der Waals surface area (Å²) in [5.74, 6) is 1.66. The highest BCUT2D eigenvalue weighted by atomic mass is 28.4. The number of hydrogen-bond donors (Lipinski definition) is 0. The standard InChI is InChI=1S/C31H49N3O3Si/c1-24-14-15-29(32-23-24)34(30(35)28-13-10-22-36-28)26-16-19-33(20-17-26)21-18-27(25-11-8-7-9-12-25)37-38(5,6)31(2,3)4/h10,13-15,22-23,25-27H,7-9,11-12,16-21H2,1-6H3. The largest absolute Gasteiger partial charge is 0.459 e. The van der Waals surface area contributed by atoms with Crippen molar-refractivity contribution in [1.82, 2.24) is 9.88 Å². The summed E-state index contributed by atoms with van der Waals surface area (Å²) in [6, 6.07) is 7.59. The minimum absolute atomic E-state index is 0.107. The molecular formula is C31H49N3O3Si. The van der Waals surface area contributed by atoms with Crippen LogP contribution < -0.4 is 4.90 Å². The number of aryl methyl sites for hydroxylation is 1. The molecule has 0 N–H and O–H groups in total. The SMILES string of the molecule is Cc1ccc(N(C(=O)c2ccco2)C2CCN(CCC(O[Si](C)(C)C(C)(C)C)C3CCCCC3)CC2)nc1. The van der Waals surface area contributed by atoms with Gasteiger partial charge in [-0.1, -0.05) is 46.1 Å². The number of likely N-dealkylation sites (tertiary alicyclic amines) is 1. The number of hydrogen-bond acceptors (Lipinski definition) is 5. The molecule has 4 rings (SSSR count). The molecule has 6 nitrogen and oxygen atoms in total. The van der Waals surface area contributed by atoms with E-state index in [1.165, 1.54) is 32.1 Å². The van der Waals surface area contributed by atoms with E-state index >= 15 is 0 Å². The highest BCUT2D eigenvalue weighted by Crippen LogP contribution is 2.40. The van der Waals surface area contributed by atoms with Crippen molar-refractivity contribution in [2.45, 2.75) is 109 Å². The van der Waals surface area contributed by atoms with Gasteiger partial charge in [-0.2, -0.15) is 0 Å². The van der Waals surface area contributed by atoms with Gasteiger partial charge in [-0.25, -0.2) is 4.98 Å². The van der Waals surface area contributed by atoms with E-state index in [4.69, 9.17) is 8.84 Å². The van der Waals surface area contributed by atoms with Gasteiger partial charge in [0.05, 0.1) is 6.26 Å². The number of rotatable bonds is 9. The first kappa shape index (κ1) is 29.0. The maximum atomic E-state index is 13.4. The summed E-state index contributed by atoms with van der Waals surface area (Å²) >= 11 is 0. The fraction of sp³-hybridized carbons (Fsp3) is 0.677. The molecule has 2 fully saturated rings. The lowest BCUT2D eigenvalue weighted by atomic mass is 9.84. The molecule has 1 atom stereocenters. The lowest BCUT2D eigenvalue weighted by Crippen LogP contribution is -2.49. The van der Waals surface area contributed by atoms with Gasteiger partial charge >= 0.3 is 0 Å². The van der Waals surface area contributed by atoms with Gasteiger partial charge in [-0.15, -0.1) is 0 Å². The summed E-state index contributed by atoms with van der Waals surface area (Å²) in [4.78, 5) is 22.5. The normalized spacial score (nSPS) is 19.4. The van der Waals surface area contributed by atoms with Crippen molar-refractivity contribution in [3.63, 3.8) is 0 Å². The van der Waals surface area contributed by atoms with Gasteiger partial charge < -0.3 is 13.7 Å².